The molecule has 3 rings (SSSR count). The smallest absolute Gasteiger partial charge is 0.360 e. The van der Waals surface area contributed by atoms with Gasteiger partial charge in [-0.05, 0) is 30.3 Å². The molecule has 0 aliphatic rings. The SMILES string of the molecule is N#C/C(=C/Nc1cccc(C(F)(F)F)c1)c1nc(-c2cccc(Br)c2)cs1. The highest BCUT2D eigenvalue weighted by Crippen LogP contribution is 2.31. The van der Waals surface area contributed by atoms with Crippen molar-refractivity contribution < 1.29 is 13.2 Å². The lowest BCUT2D eigenvalue weighted by Gasteiger charge is -2.08. The first-order valence-electron chi connectivity index (χ1n) is 7.63. The monoisotopic (exact) mass is 449 g/mol. The molecule has 0 aliphatic carbocycles. The topological polar surface area (TPSA) is 48.7 Å². The van der Waals surface area contributed by atoms with E-state index in [1.807, 2.05) is 35.7 Å². The van der Waals surface area contributed by atoms with Crippen molar-refractivity contribution >= 4 is 38.5 Å². The Bertz CT molecular complexity index is 1030. The minimum absolute atomic E-state index is 0.235. The molecule has 3 nitrogen and oxygen atoms in total. The third-order valence-corrected chi connectivity index (χ3v) is 4.92. The van der Waals surface area contributed by atoms with Crippen LogP contribution in [-0.4, -0.2) is 4.98 Å². The number of thiazole rings is 1. The summed E-state index contributed by atoms with van der Waals surface area (Å²) in [6.07, 6.45) is -3.06. The van der Waals surface area contributed by atoms with E-state index < -0.39 is 11.7 Å². The van der Waals surface area contributed by atoms with E-state index in [9.17, 15) is 18.4 Å². The lowest BCUT2D eigenvalue weighted by atomic mass is 10.2. The Kier molecular flexibility index (Phi) is 5.63. The van der Waals surface area contributed by atoms with Crippen molar-refractivity contribution in [1.29, 1.82) is 5.26 Å². The average molecular weight is 450 g/mol. The molecule has 1 aromatic heterocycles. The van der Waals surface area contributed by atoms with Gasteiger partial charge in [-0.1, -0.05) is 34.1 Å². The number of alkyl halides is 3. The van der Waals surface area contributed by atoms with Gasteiger partial charge in [0.2, 0.25) is 0 Å². The van der Waals surface area contributed by atoms with Gasteiger partial charge in [0.1, 0.15) is 16.6 Å². The molecule has 0 aliphatic heterocycles. The molecule has 0 saturated carbocycles. The highest BCUT2D eigenvalue weighted by molar-refractivity contribution is 9.10. The van der Waals surface area contributed by atoms with Crippen LogP contribution in [0, 0.1) is 11.3 Å². The standard InChI is InChI=1S/C19H11BrF3N3S/c20-15-5-1-3-12(7-15)17-11-27-18(26-17)13(9-24)10-25-16-6-2-4-14(8-16)19(21,22)23/h1-8,10-11,25H/b13-10-. The maximum Gasteiger partial charge on any atom is 0.416 e. The molecule has 0 radical (unpaired) electrons. The molecule has 1 N–H and O–H groups in total. The van der Waals surface area contributed by atoms with E-state index in [1.54, 1.807) is 0 Å². The first-order chi connectivity index (χ1) is 12.9. The number of nitrogens with zero attached hydrogens (tertiary/aromatic N) is 2. The summed E-state index contributed by atoms with van der Waals surface area (Å²) in [5.41, 5.74) is 1.33. The Hall–Kier alpha value is -2.63. The number of nitrogens with one attached hydrogen (secondary N) is 1. The molecule has 0 atom stereocenters. The highest BCUT2D eigenvalue weighted by Gasteiger charge is 2.30. The number of aromatic nitrogens is 1. The van der Waals surface area contributed by atoms with E-state index >= 15 is 0 Å². The van der Waals surface area contributed by atoms with Crippen LogP contribution in [0.3, 0.4) is 0 Å². The third kappa shape index (κ3) is 4.76. The number of hydrogen-bond acceptors (Lipinski definition) is 4. The van der Waals surface area contributed by atoms with Gasteiger partial charge in [0.25, 0.3) is 0 Å². The molecule has 8 heteroatoms. The Balaban J connectivity index is 1.83. The number of nitriles is 1. The first kappa shape index (κ1) is 19.1. The normalized spacial score (nSPS) is 11.9. The van der Waals surface area contributed by atoms with E-state index in [0.717, 1.165) is 27.9 Å². The quantitative estimate of drug-likeness (QED) is 0.458. The number of halogens is 4. The number of allylic oxidation sites excluding steroid dienone is 1. The largest absolute Gasteiger partial charge is 0.416 e. The second kappa shape index (κ2) is 7.94. The number of rotatable bonds is 4. The van der Waals surface area contributed by atoms with Crippen molar-refractivity contribution in [3.8, 4) is 17.3 Å². The summed E-state index contributed by atoms with van der Waals surface area (Å²) in [6, 6.07) is 14.4. The maximum absolute atomic E-state index is 12.8. The van der Waals surface area contributed by atoms with E-state index in [0.29, 0.717) is 5.01 Å². The van der Waals surface area contributed by atoms with Crippen LogP contribution in [0.1, 0.15) is 10.6 Å². The Morgan fingerprint density at radius 1 is 1.19 bits per heavy atom. The van der Waals surface area contributed by atoms with Crippen molar-refractivity contribution in [2.75, 3.05) is 5.32 Å². The van der Waals surface area contributed by atoms with Crippen molar-refractivity contribution in [1.82, 2.24) is 4.98 Å². The summed E-state index contributed by atoms with van der Waals surface area (Å²) < 4.78 is 39.3. The van der Waals surface area contributed by atoms with Gasteiger partial charge >= 0.3 is 6.18 Å². The minimum atomic E-state index is -4.42. The van der Waals surface area contributed by atoms with Crippen LogP contribution in [0.4, 0.5) is 18.9 Å². The van der Waals surface area contributed by atoms with E-state index in [2.05, 4.69) is 26.2 Å². The molecule has 0 fully saturated rings. The molecule has 136 valence electrons. The number of anilines is 1. The van der Waals surface area contributed by atoms with Crippen molar-refractivity contribution in [2.24, 2.45) is 0 Å². The molecule has 0 amide bonds. The summed E-state index contributed by atoms with van der Waals surface area (Å²) >= 11 is 4.69. The van der Waals surface area contributed by atoms with Crippen LogP contribution < -0.4 is 5.32 Å². The van der Waals surface area contributed by atoms with Gasteiger partial charge in [0.05, 0.1) is 11.3 Å². The van der Waals surface area contributed by atoms with E-state index in [4.69, 9.17) is 0 Å². The lowest BCUT2D eigenvalue weighted by molar-refractivity contribution is -0.137. The zero-order valence-electron chi connectivity index (χ0n) is 13.6. The lowest BCUT2D eigenvalue weighted by Crippen LogP contribution is -2.05. The fraction of sp³-hybridized carbons (Fsp3) is 0.0526. The predicted molar refractivity (Wildman–Crippen MR) is 104 cm³/mol. The molecule has 0 saturated heterocycles. The van der Waals surface area contributed by atoms with Gasteiger partial charge in [-0.2, -0.15) is 18.4 Å². The van der Waals surface area contributed by atoms with Crippen molar-refractivity contribution in [2.45, 2.75) is 6.18 Å². The molecule has 27 heavy (non-hydrogen) atoms. The molecular weight excluding hydrogens is 439 g/mol. The van der Waals surface area contributed by atoms with Crippen LogP contribution in [0.2, 0.25) is 0 Å². The zero-order chi connectivity index (χ0) is 19.4. The molecule has 3 aromatic rings. The number of benzene rings is 2. The molecule has 0 spiro atoms. The van der Waals surface area contributed by atoms with E-state index in [-0.39, 0.29) is 11.3 Å². The molecular formula is C19H11BrF3N3S. The predicted octanol–water partition coefficient (Wildman–Crippen LogP) is 6.57. The molecule has 2 aromatic carbocycles. The van der Waals surface area contributed by atoms with Crippen LogP contribution in [-0.2, 0) is 6.18 Å². The minimum Gasteiger partial charge on any atom is -0.360 e. The molecule has 1 heterocycles. The first-order valence-corrected chi connectivity index (χ1v) is 9.30. The van der Waals surface area contributed by atoms with Crippen LogP contribution in [0.15, 0.2) is 64.6 Å². The van der Waals surface area contributed by atoms with Crippen molar-refractivity contribution in [3.63, 3.8) is 0 Å². The fourth-order valence-electron chi connectivity index (χ4n) is 2.26. The maximum atomic E-state index is 12.8. The second-order valence-corrected chi connectivity index (χ2v) is 7.21. The molecule has 0 unspecified atom stereocenters. The van der Waals surface area contributed by atoms with Gasteiger partial charge in [-0.25, -0.2) is 4.98 Å². The third-order valence-electron chi connectivity index (χ3n) is 3.55. The van der Waals surface area contributed by atoms with E-state index in [1.165, 1.54) is 29.7 Å². The summed E-state index contributed by atoms with van der Waals surface area (Å²) in [6.45, 7) is 0. The molecule has 0 bridgehead atoms. The zero-order valence-corrected chi connectivity index (χ0v) is 16.0. The van der Waals surface area contributed by atoms with Gasteiger partial charge in [0.15, 0.2) is 0 Å². The van der Waals surface area contributed by atoms with Gasteiger partial charge in [0, 0.05) is 27.3 Å². The summed E-state index contributed by atoms with van der Waals surface area (Å²) in [7, 11) is 0. The Labute approximate surface area is 165 Å². The second-order valence-electron chi connectivity index (χ2n) is 5.44. The summed E-state index contributed by atoms with van der Waals surface area (Å²) in [5, 5.41) is 14.4. The van der Waals surface area contributed by atoms with Crippen molar-refractivity contribution in [3.05, 3.63) is 75.2 Å². The van der Waals surface area contributed by atoms with Crippen LogP contribution in [0.25, 0.3) is 16.8 Å². The Morgan fingerprint density at radius 2 is 1.96 bits per heavy atom. The van der Waals surface area contributed by atoms with Gasteiger partial charge < -0.3 is 5.32 Å². The van der Waals surface area contributed by atoms with Gasteiger partial charge in [-0.15, -0.1) is 11.3 Å². The highest BCUT2D eigenvalue weighted by atomic mass is 79.9. The summed E-state index contributed by atoms with van der Waals surface area (Å²) in [5.74, 6) is 0. The fourth-order valence-corrected chi connectivity index (χ4v) is 3.45. The van der Waals surface area contributed by atoms with Gasteiger partial charge in [-0.3, -0.25) is 0 Å². The summed E-state index contributed by atoms with van der Waals surface area (Å²) in [4.78, 5) is 4.45. The van der Waals surface area contributed by atoms with Crippen LogP contribution >= 0.6 is 27.3 Å². The number of hydrogen-bond donors (Lipinski definition) is 1. The average Bonchev–Trinajstić information content (AvgIpc) is 3.12. The van der Waals surface area contributed by atoms with Crippen LogP contribution in [0.5, 0.6) is 0 Å². The Morgan fingerprint density at radius 3 is 2.67 bits per heavy atom.